The summed E-state index contributed by atoms with van der Waals surface area (Å²) in [7, 11) is 0. The summed E-state index contributed by atoms with van der Waals surface area (Å²) < 4.78 is 4.99. The van der Waals surface area contributed by atoms with Gasteiger partial charge in [-0.2, -0.15) is 0 Å². The molecule has 0 aliphatic heterocycles. The summed E-state index contributed by atoms with van der Waals surface area (Å²) in [5.41, 5.74) is 15.0. The first-order valence-corrected chi connectivity index (χ1v) is 19.4. The Balaban J connectivity index is 1.07. The van der Waals surface area contributed by atoms with E-state index < -0.39 is 0 Å². The Kier molecular flexibility index (Phi) is 5.92. The first-order chi connectivity index (χ1) is 27.8. The molecule has 1 aliphatic rings. The summed E-state index contributed by atoms with van der Waals surface area (Å²) in [6.45, 7) is 0. The first-order valence-electron chi connectivity index (χ1n) is 19.4. The quantitative estimate of drug-likeness (QED) is 0.162. The van der Waals surface area contributed by atoms with Gasteiger partial charge in [0.25, 0.3) is 0 Å². The fourth-order valence-corrected chi connectivity index (χ4v) is 10.1. The molecule has 2 nitrogen and oxygen atoms in total. The van der Waals surface area contributed by atoms with Crippen molar-refractivity contribution in [3.8, 4) is 44.8 Å². The number of para-hydroxylation sites is 2. The highest BCUT2D eigenvalue weighted by molar-refractivity contribution is 6.28. The van der Waals surface area contributed by atoms with Gasteiger partial charge in [-0.25, -0.2) is 0 Å². The van der Waals surface area contributed by atoms with Crippen LogP contribution in [0.3, 0.4) is 0 Å². The molecule has 1 aliphatic carbocycles. The van der Waals surface area contributed by atoms with Crippen molar-refractivity contribution >= 4 is 75.9 Å². The Morgan fingerprint density at radius 2 is 0.786 bits per heavy atom. The Morgan fingerprint density at radius 3 is 1.54 bits per heavy atom. The molecular formula is C54H32N2. The van der Waals surface area contributed by atoms with Gasteiger partial charge in [-0.1, -0.05) is 152 Å². The highest BCUT2D eigenvalue weighted by Crippen LogP contribution is 2.54. The summed E-state index contributed by atoms with van der Waals surface area (Å²) >= 11 is 0. The zero-order valence-corrected chi connectivity index (χ0v) is 30.4. The van der Waals surface area contributed by atoms with Crippen LogP contribution in [0.25, 0.3) is 121 Å². The van der Waals surface area contributed by atoms with Crippen LogP contribution in [0.1, 0.15) is 0 Å². The summed E-state index contributed by atoms with van der Waals surface area (Å²) in [6, 6.07) is 71.9. The molecule has 0 fully saturated rings. The van der Waals surface area contributed by atoms with Crippen LogP contribution in [0.4, 0.5) is 0 Å². The van der Waals surface area contributed by atoms with Gasteiger partial charge in [-0.3, -0.25) is 0 Å². The van der Waals surface area contributed by atoms with E-state index in [1.54, 1.807) is 0 Å². The second-order valence-corrected chi connectivity index (χ2v) is 15.2. The lowest BCUT2D eigenvalue weighted by Crippen LogP contribution is -1.99. The van der Waals surface area contributed by atoms with E-state index in [9.17, 15) is 0 Å². The molecule has 13 rings (SSSR count). The Morgan fingerprint density at radius 1 is 0.286 bits per heavy atom. The number of hydrogen-bond acceptors (Lipinski definition) is 0. The monoisotopic (exact) mass is 708 g/mol. The molecule has 0 bridgehead atoms. The third-order valence-corrected chi connectivity index (χ3v) is 12.4. The lowest BCUT2D eigenvalue weighted by atomic mass is 9.94. The zero-order valence-electron chi connectivity index (χ0n) is 30.4. The molecule has 0 amide bonds. The van der Waals surface area contributed by atoms with Crippen molar-refractivity contribution in [2.75, 3.05) is 0 Å². The predicted molar refractivity (Wildman–Crippen MR) is 238 cm³/mol. The van der Waals surface area contributed by atoms with Gasteiger partial charge >= 0.3 is 0 Å². The van der Waals surface area contributed by atoms with E-state index in [-0.39, 0.29) is 0 Å². The van der Waals surface area contributed by atoms with Crippen LogP contribution in [0.2, 0.25) is 0 Å². The van der Waals surface area contributed by atoms with Gasteiger partial charge in [0.15, 0.2) is 0 Å². The SMILES string of the molecule is c1ccc2c(c1)-c1cccc3c1c-2c(-n1c2ccccc2c2cc(-c4ccc5c(c4)c4ccccc4n5-c4cccc5ccccc45)ccc21)c1ccccc13. The largest absolute Gasteiger partial charge is 0.309 e. The van der Waals surface area contributed by atoms with Gasteiger partial charge in [0.2, 0.25) is 0 Å². The standard InChI is InChI=1S/C54H32N2/c1-2-15-36-33(13-1)14-11-26-47(36)55-48-24-9-7-18-39(48)45-31-34(27-29-50(45)55)35-28-30-51-46(32-35)40-19-8-10-25-49(40)56(51)54-44-21-6-4-17-38(44)42-23-12-22-41-37-16-3-5-20-43(37)53(54)52(41)42/h1-32H. The first kappa shape index (κ1) is 30.0. The Bertz CT molecular complexity index is 3650. The van der Waals surface area contributed by atoms with Crippen molar-refractivity contribution in [2.45, 2.75) is 0 Å². The van der Waals surface area contributed by atoms with E-state index in [2.05, 4.69) is 203 Å². The van der Waals surface area contributed by atoms with Gasteiger partial charge in [-0.15, -0.1) is 0 Å². The lowest BCUT2D eigenvalue weighted by Gasteiger charge is -2.18. The van der Waals surface area contributed by atoms with Crippen LogP contribution in [0, 0.1) is 0 Å². The fourth-order valence-electron chi connectivity index (χ4n) is 10.1. The molecule has 258 valence electrons. The van der Waals surface area contributed by atoms with Crippen molar-refractivity contribution in [1.29, 1.82) is 0 Å². The van der Waals surface area contributed by atoms with E-state index in [4.69, 9.17) is 0 Å². The zero-order chi connectivity index (χ0) is 36.5. The number of fused-ring (bicyclic) bond motifs is 12. The van der Waals surface area contributed by atoms with Crippen molar-refractivity contribution in [3.63, 3.8) is 0 Å². The predicted octanol–water partition coefficient (Wildman–Crippen LogP) is 14.7. The maximum atomic E-state index is 2.55. The second kappa shape index (κ2) is 11.1. The third kappa shape index (κ3) is 3.90. The van der Waals surface area contributed by atoms with Crippen molar-refractivity contribution in [2.24, 2.45) is 0 Å². The molecule has 0 saturated carbocycles. The minimum absolute atomic E-state index is 1.20. The molecule has 0 saturated heterocycles. The summed E-state index contributed by atoms with van der Waals surface area (Å²) in [6.07, 6.45) is 0. The Labute approximate surface area is 322 Å². The minimum atomic E-state index is 1.20. The van der Waals surface area contributed by atoms with Crippen LogP contribution >= 0.6 is 0 Å². The molecule has 56 heavy (non-hydrogen) atoms. The number of nitrogens with zero attached hydrogens (tertiary/aromatic N) is 2. The smallest absolute Gasteiger partial charge is 0.0625 e. The molecule has 2 heteroatoms. The average molecular weight is 709 g/mol. The van der Waals surface area contributed by atoms with Crippen LogP contribution in [0.15, 0.2) is 194 Å². The van der Waals surface area contributed by atoms with Crippen LogP contribution < -0.4 is 0 Å². The summed E-state index contributed by atoms with van der Waals surface area (Å²) in [5, 5.41) is 12.7. The lowest BCUT2D eigenvalue weighted by molar-refractivity contribution is 1.20. The van der Waals surface area contributed by atoms with E-state index >= 15 is 0 Å². The number of rotatable bonds is 3. The topological polar surface area (TPSA) is 9.86 Å². The molecule has 12 aromatic rings. The van der Waals surface area contributed by atoms with Crippen molar-refractivity contribution in [3.05, 3.63) is 194 Å². The van der Waals surface area contributed by atoms with Crippen molar-refractivity contribution in [1.82, 2.24) is 9.13 Å². The average Bonchev–Trinajstić information content (AvgIpc) is 3.90. The highest BCUT2D eigenvalue weighted by atomic mass is 15.0. The van der Waals surface area contributed by atoms with Crippen LogP contribution in [-0.2, 0) is 0 Å². The molecule has 10 aromatic carbocycles. The third-order valence-electron chi connectivity index (χ3n) is 12.4. The minimum Gasteiger partial charge on any atom is -0.309 e. The van der Waals surface area contributed by atoms with Gasteiger partial charge in [-0.05, 0) is 86.4 Å². The number of hydrogen-bond donors (Lipinski definition) is 0. The second-order valence-electron chi connectivity index (χ2n) is 15.2. The van der Waals surface area contributed by atoms with Gasteiger partial charge in [0.1, 0.15) is 0 Å². The Hall–Kier alpha value is -7.42. The van der Waals surface area contributed by atoms with E-state index in [0.717, 1.165) is 0 Å². The molecule has 0 N–H and O–H groups in total. The molecule has 2 aromatic heterocycles. The van der Waals surface area contributed by atoms with Crippen molar-refractivity contribution < 1.29 is 0 Å². The molecule has 2 heterocycles. The molecule has 0 spiro atoms. The van der Waals surface area contributed by atoms with Gasteiger partial charge in [0.05, 0.1) is 33.4 Å². The van der Waals surface area contributed by atoms with Crippen LogP contribution in [-0.4, -0.2) is 9.13 Å². The van der Waals surface area contributed by atoms with E-state index in [1.807, 2.05) is 0 Å². The highest BCUT2D eigenvalue weighted by Gasteiger charge is 2.28. The van der Waals surface area contributed by atoms with Crippen LogP contribution in [0.5, 0.6) is 0 Å². The number of benzene rings is 10. The molecule has 0 radical (unpaired) electrons. The summed E-state index contributed by atoms with van der Waals surface area (Å²) in [5.74, 6) is 0. The maximum absolute atomic E-state index is 2.55. The molecule has 0 atom stereocenters. The van der Waals surface area contributed by atoms with Gasteiger partial charge < -0.3 is 9.13 Å². The van der Waals surface area contributed by atoms with E-state index in [1.165, 1.54) is 121 Å². The number of aromatic nitrogens is 2. The van der Waals surface area contributed by atoms with Gasteiger partial charge in [0, 0.05) is 43.3 Å². The normalized spacial score (nSPS) is 12.3. The summed E-state index contributed by atoms with van der Waals surface area (Å²) in [4.78, 5) is 0. The fraction of sp³-hybridized carbons (Fsp3) is 0. The molecular weight excluding hydrogens is 677 g/mol. The van der Waals surface area contributed by atoms with E-state index in [0.29, 0.717) is 0 Å². The molecule has 0 unspecified atom stereocenters. The maximum Gasteiger partial charge on any atom is 0.0625 e.